The molecule has 4 heteroatoms. The molecule has 2 rings (SSSR count). The summed E-state index contributed by atoms with van der Waals surface area (Å²) in [5, 5.41) is 8.66. The highest BCUT2D eigenvalue weighted by atomic mass is 16.4. The zero-order valence-corrected chi connectivity index (χ0v) is 10.6. The molecule has 1 saturated carbocycles. The summed E-state index contributed by atoms with van der Waals surface area (Å²) >= 11 is 0. The maximum Gasteiger partial charge on any atom is 0.303 e. The Kier molecular flexibility index (Phi) is 3.15. The van der Waals surface area contributed by atoms with Crippen LogP contribution in [0.1, 0.15) is 39.5 Å². The Morgan fingerprint density at radius 3 is 2.47 bits per heavy atom. The van der Waals surface area contributed by atoms with Gasteiger partial charge in [0.1, 0.15) is 0 Å². The van der Waals surface area contributed by atoms with Gasteiger partial charge >= 0.3 is 5.97 Å². The summed E-state index contributed by atoms with van der Waals surface area (Å²) in [6, 6.07) is 0. The van der Waals surface area contributed by atoms with Crippen molar-refractivity contribution in [3.63, 3.8) is 0 Å². The molecule has 1 aliphatic carbocycles. The monoisotopic (exact) mass is 239 g/mol. The molecule has 1 saturated heterocycles. The number of carbonyl (C=O) groups excluding carboxylic acids is 1. The van der Waals surface area contributed by atoms with Crippen LogP contribution in [0.3, 0.4) is 0 Å². The molecule has 1 N–H and O–H groups in total. The van der Waals surface area contributed by atoms with E-state index in [1.807, 2.05) is 4.90 Å². The van der Waals surface area contributed by atoms with Crippen LogP contribution in [-0.2, 0) is 9.59 Å². The van der Waals surface area contributed by atoms with Crippen LogP contribution in [0.5, 0.6) is 0 Å². The van der Waals surface area contributed by atoms with Crippen molar-refractivity contribution in [1.29, 1.82) is 0 Å². The lowest BCUT2D eigenvalue weighted by molar-refractivity contribution is -0.149. The van der Waals surface area contributed by atoms with Gasteiger partial charge in [0.25, 0.3) is 0 Å². The minimum atomic E-state index is -0.761. The average Bonchev–Trinajstić information content (AvgIpc) is 2.49. The maximum absolute atomic E-state index is 12.3. The second kappa shape index (κ2) is 4.31. The average molecular weight is 239 g/mol. The number of rotatable bonds is 3. The van der Waals surface area contributed by atoms with E-state index in [-0.39, 0.29) is 29.6 Å². The van der Waals surface area contributed by atoms with Gasteiger partial charge < -0.3 is 10.0 Å². The molecule has 0 aromatic heterocycles. The van der Waals surface area contributed by atoms with Gasteiger partial charge in [-0.25, -0.2) is 0 Å². The Bertz CT molecular complexity index is 332. The van der Waals surface area contributed by atoms with Crippen LogP contribution >= 0.6 is 0 Å². The molecule has 1 heterocycles. The molecule has 17 heavy (non-hydrogen) atoms. The zero-order valence-electron chi connectivity index (χ0n) is 10.6. The van der Waals surface area contributed by atoms with Gasteiger partial charge in [0.15, 0.2) is 0 Å². The predicted molar refractivity (Wildman–Crippen MR) is 63.4 cm³/mol. The Morgan fingerprint density at radius 2 is 2.00 bits per heavy atom. The lowest BCUT2D eigenvalue weighted by Crippen LogP contribution is -2.53. The smallest absolute Gasteiger partial charge is 0.303 e. The van der Waals surface area contributed by atoms with E-state index < -0.39 is 5.97 Å². The fraction of sp³-hybridized carbons (Fsp3) is 0.846. The molecule has 0 aromatic carbocycles. The standard InChI is InChI=1S/C13H21NO3/c1-13(2)5-3-4-10(13)12(17)14-7-9(8-14)6-11(15)16/h9-10H,3-8H2,1-2H3,(H,15,16). The molecule has 1 aliphatic heterocycles. The zero-order chi connectivity index (χ0) is 12.6. The molecule has 0 aromatic rings. The first-order valence-corrected chi connectivity index (χ1v) is 6.41. The van der Waals surface area contributed by atoms with Crippen LogP contribution in [0.2, 0.25) is 0 Å². The number of hydrogen-bond donors (Lipinski definition) is 1. The number of nitrogens with zero attached hydrogens (tertiary/aromatic N) is 1. The number of hydrogen-bond acceptors (Lipinski definition) is 2. The van der Waals surface area contributed by atoms with E-state index in [1.165, 1.54) is 0 Å². The number of aliphatic carboxylic acids is 1. The van der Waals surface area contributed by atoms with Gasteiger partial charge in [-0.15, -0.1) is 0 Å². The van der Waals surface area contributed by atoms with Crippen LogP contribution in [0.15, 0.2) is 0 Å². The van der Waals surface area contributed by atoms with Gasteiger partial charge in [-0.2, -0.15) is 0 Å². The summed E-state index contributed by atoms with van der Waals surface area (Å²) in [7, 11) is 0. The van der Waals surface area contributed by atoms with E-state index in [9.17, 15) is 9.59 Å². The molecule has 4 nitrogen and oxygen atoms in total. The van der Waals surface area contributed by atoms with Crippen LogP contribution in [0, 0.1) is 17.3 Å². The van der Waals surface area contributed by atoms with Gasteiger partial charge in [0.2, 0.25) is 5.91 Å². The van der Waals surface area contributed by atoms with Crippen molar-refractivity contribution in [3.05, 3.63) is 0 Å². The number of likely N-dealkylation sites (tertiary alicyclic amines) is 1. The minimum Gasteiger partial charge on any atom is -0.481 e. The summed E-state index contributed by atoms with van der Waals surface area (Å²) in [6.45, 7) is 5.60. The third-order valence-electron chi connectivity index (χ3n) is 4.29. The van der Waals surface area contributed by atoms with E-state index in [4.69, 9.17) is 5.11 Å². The first-order chi connectivity index (χ1) is 7.90. The van der Waals surface area contributed by atoms with Gasteiger partial charge in [-0.05, 0) is 18.3 Å². The first-order valence-electron chi connectivity index (χ1n) is 6.41. The normalized spacial score (nSPS) is 27.9. The van der Waals surface area contributed by atoms with Crippen molar-refractivity contribution < 1.29 is 14.7 Å². The van der Waals surface area contributed by atoms with Crippen molar-refractivity contribution in [2.45, 2.75) is 39.5 Å². The molecule has 2 aliphatic rings. The fourth-order valence-electron chi connectivity index (χ4n) is 3.13. The molecular formula is C13H21NO3. The Hall–Kier alpha value is -1.06. The van der Waals surface area contributed by atoms with E-state index in [1.54, 1.807) is 0 Å². The van der Waals surface area contributed by atoms with Crippen LogP contribution in [0.25, 0.3) is 0 Å². The van der Waals surface area contributed by atoms with Gasteiger partial charge in [0, 0.05) is 24.9 Å². The molecule has 1 atom stereocenters. The lowest BCUT2D eigenvalue weighted by atomic mass is 9.80. The van der Waals surface area contributed by atoms with Gasteiger partial charge in [0.05, 0.1) is 6.42 Å². The molecule has 1 amide bonds. The largest absolute Gasteiger partial charge is 0.481 e. The minimum absolute atomic E-state index is 0.120. The summed E-state index contributed by atoms with van der Waals surface area (Å²) < 4.78 is 0. The van der Waals surface area contributed by atoms with Gasteiger partial charge in [-0.3, -0.25) is 9.59 Å². The van der Waals surface area contributed by atoms with Crippen LogP contribution in [-0.4, -0.2) is 35.0 Å². The van der Waals surface area contributed by atoms with E-state index in [0.29, 0.717) is 13.1 Å². The van der Waals surface area contributed by atoms with Crippen LogP contribution in [0.4, 0.5) is 0 Å². The molecule has 0 bridgehead atoms. The quantitative estimate of drug-likeness (QED) is 0.816. The summed E-state index contributed by atoms with van der Waals surface area (Å²) in [5.74, 6) is -0.202. The molecular weight excluding hydrogens is 218 g/mol. The number of carboxylic acids is 1. The third kappa shape index (κ3) is 2.45. The Balaban J connectivity index is 1.85. The van der Waals surface area contributed by atoms with Crippen LogP contribution < -0.4 is 0 Å². The van der Waals surface area contributed by atoms with Crippen molar-refractivity contribution in [2.75, 3.05) is 13.1 Å². The second-order valence-corrected chi connectivity index (χ2v) is 6.14. The van der Waals surface area contributed by atoms with Crippen molar-refractivity contribution in [1.82, 2.24) is 4.90 Å². The predicted octanol–water partition coefficient (Wildman–Crippen LogP) is 1.75. The molecule has 0 spiro atoms. The SMILES string of the molecule is CC1(C)CCCC1C(=O)N1CC(CC(=O)O)C1. The molecule has 2 fully saturated rings. The maximum atomic E-state index is 12.3. The topological polar surface area (TPSA) is 57.6 Å². The highest BCUT2D eigenvalue weighted by Gasteiger charge is 2.44. The highest BCUT2D eigenvalue weighted by Crippen LogP contribution is 2.44. The first kappa shape index (κ1) is 12.4. The number of carboxylic acid groups (broad SMARTS) is 1. The van der Waals surface area contributed by atoms with E-state index in [2.05, 4.69) is 13.8 Å². The van der Waals surface area contributed by atoms with Crippen molar-refractivity contribution >= 4 is 11.9 Å². The second-order valence-electron chi connectivity index (χ2n) is 6.14. The fourth-order valence-corrected chi connectivity index (χ4v) is 3.13. The molecule has 96 valence electrons. The van der Waals surface area contributed by atoms with E-state index in [0.717, 1.165) is 19.3 Å². The summed E-state index contributed by atoms with van der Waals surface area (Å²) in [4.78, 5) is 24.6. The van der Waals surface area contributed by atoms with Crippen molar-refractivity contribution in [2.24, 2.45) is 17.3 Å². The highest BCUT2D eigenvalue weighted by molar-refractivity contribution is 5.81. The van der Waals surface area contributed by atoms with Crippen molar-refractivity contribution in [3.8, 4) is 0 Å². The number of carbonyl (C=O) groups is 2. The Morgan fingerprint density at radius 1 is 1.35 bits per heavy atom. The number of amides is 1. The van der Waals surface area contributed by atoms with Gasteiger partial charge in [-0.1, -0.05) is 20.3 Å². The third-order valence-corrected chi connectivity index (χ3v) is 4.29. The molecule has 1 unspecified atom stereocenters. The van der Waals surface area contributed by atoms with E-state index >= 15 is 0 Å². The lowest BCUT2D eigenvalue weighted by Gasteiger charge is -2.42. The summed E-state index contributed by atoms with van der Waals surface area (Å²) in [6.07, 6.45) is 3.44. The molecule has 0 radical (unpaired) electrons. The summed E-state index contributed by atoms with van der Waals surface area (Å²) in [5.41, 5.74) is 0.120. The Labute approximate surface area is 102 Å².